The van der Waals surface area contributed by atoms with Crippen LogP contribution in [0.15, 0.2) is 17.2 Å². The zero-order valence-corrected chi connectivity index (χ0v) is 12.3. The van der Waals surface area contributed by atoms with Crippen molar-refractivity contribution in [1.29, 1.82) is 0 Å². The molecule has 0 heterocycles. The first-order chi connectivity index (χ1) is 10.5. The van der Waals surface area contributed by atoms with Crippen molar-refractivity contribution in [2.45, 2.75) is 18.9 Å². The number of nitrogens with zero attached hydrogens (tertiary/aromatic N) is 1. The first-order valence-corrected chi connectivity index (χ1v) is 6.64. The van der Waals surface area contributed by atoms with E-state index >= 15 is 0 Å². The molecule has 8 heteroatoms. The van der Waals surface area contributed by atoms with E-state index in [2.05, 4.69) is 15.8 Å². The first kappa shape index (κ1) is 15.6. The maximum atomic E-state index is 11.5. The fourth-order valence-electron chi connectivity index (χ4n) is 1.68. The summed E-state index contributed by atoms with van der Waals surface area (Å²) in [6.45, 7) is 0. The number of carbonyl (C=O) groups excluding carboxylic acids is 2. The van der Waals surface area contributed by atoms with E-state index < -0.39 is 11.8 Å². The van der Waals surface area contributed by atoms with Gasteiger partial charge in [0, 0.05) is 11.6 Å². The summed E-state index contributed by atoms with van der Waals surface area (Å²) < 4.78 is 10.0. The molecule has 0 aliphatic heterocycles. The Hall–Kier alpha value is -2.77. The number of phenols is 1. The number of hydrazone groups is 1. The Kier molecular flexibility index (Phi) is 4.82. The Morgan fingerprint density at radius 2 is 1.82 bits per heavy atom. The number of aromatic hydroxyl groups is 1. The van der Waals surface area contributed by atoms with Gasteiger partial charge in [-0.25, -0.2) is 5.43 Å². The van der Waals surface area contributed by atoms with Crippen molar-refractivity contribution in [2.24, 2.45) is 5.10 Å². The van der Waals surface area contributed by atoms with Crippen LogP contribution >= 0.6 is 0 Å². The summed E-state index contributed by atoms with van der Waals surface area (Å²) in [5.41, 5.74) is 2.65. The second-order valence-corrected chi connectivity index (χ2v) is 4.72. The SMILES string of the molecule is COc1cc(/C=N/NC(=O)C(=O)NC2CC2)cc(OC)c1O. The molecule has 1 aliphatic rings. The summed E-state index contributed by atoms with van der Waals surface area (Å²) in [7, 11) is 2.80. The zero-order chi connectivity index (χ0) is 16.1. The molecule has 22 heavy (non-hydrogen) atoms. The van der Waals surface area contributed by atoms with Crippen LogP contribution < -0.4 is 20.2 Å². The lowest BCUT2D eigenvalue weighted by molar-refractivity contribution is -0.139. The van der Waals surface area contributed by atoms with Crippen LogP contribution in [0.4, 0.5) is 0 Å². The number of hydrogen-bond acceptors (Lipinski definition) is 6. The van der Waals surface area contributed by atoms with Crippen molar-refractivity contribution in [3.05, 3.63) is 17.7 Å². The second-order valence-electron chi connectivity index (χ2n) is 4.72. The van der Waals surface area contributed by atoms with Crippen molar-refractivity contribution in [2.75, 3.05) is 14.2 Å². The van der Waals surface area contributed by atoms with Gasteiger partial charge in [-0.2, -0.15) is 5.10 Å². The Morgan fingerprint density at radius 3 is 2.32 bits per heavy atom. The summed E-state index contributed by atoms with van der Waals surface area (Å²) in [6, 6.07) is 3.13. The molecule has 0 aromatic heterocycles. The summed E-state index contributed by atoms with van der Waals surface area (Å²) in [6.07, 6.45) is 3.11. The van der Waals surface area contributed by atoms with Gasteiger partial charge < -0.3 is 19.9 Å². The van der Waals surface area contributed by atoms with Gasteiger partial charge in [-0.05, 0) is 25.0 Å². The molecule has 0 unspecified atom stereocenters. The van der Waals surface area contributed by atoms with Gasteiger partial charge in [0.15, 0.2) is 11.5 Å². The third-order valence-electron chi connectivity index (χ3n) is 3.00. The maximum Gasteiger partial charge on any atom is 0.329 e. The lowest BCUT2D eigenvalue weighted by Gasteiger charge is -2.09. The van der Waals surface area contributed by atoms with Crippen LogP contribution in [-0.2, 0) is 9.59 Å². The molecule has 0 atom stereocenters. The Bertz CT molecular complexity index is 585. The minimum Gasteiger partial charge on any atom is -0.502 e. The number of nitrogens with one attached hydrogen (secondary N) is 2. The highest BCUT2D eigenvalue weighted by atomic mass is 16.5. The van der Waals surface area contributed by atoms with Crippen LogP contribution in [0.25, 0.3) is 0 Å². The average Bonchev–Trinajstić information content (AvgIpc) is 3.32. The minimum atomic E-state index is -0.833. The van der Waals surface area contributed by atoms with Gasteiger partial charge in [-0.15, -0.1) is 0 Å². The quantitative estimate of drug-likeness (QED) is 0.407. The number of carbonyl (C=O) groups is 2. The highest BCUT2D eigenvalue weighted by molar-refractivity contribution is 6.35. The summed E-state index contributed by atoms with van der Waals surface area (Å²) in [5, 5.41) is 16.0. The van der Waals surface area contributed by atoms with E-state index in [1.165, 1.54) is 32.6 Å². The van der Waals surface area contributed by atoms with Crippen molar-refractivity contribution in [3.8, 4) is 17.2 Å². The summed E-state index contributed by atoms with van der Waals surface area (Å²) >= 11 is 0. The molecule has 2 amide bonds. The van der Waals surface area contributed by atoms with Gasteiger partial charge in [-0.1, -0.05) is 0 Å². The Balaban J connectivity index is 1.99. The van der Waals surface area contributed by atoms with Gasteiger partial charge in [0.05, 0.1) is 20.4 Å². The Morgan fingerprint density at radius 1 is 1.23 bits per heavy atom. The van der Waals surface area contributed by atoms with E-state index in [9.17, 15) is 14.7 Å². The number of hydrogen-bond donors (Lipinski definition) is 3. The van der Waals surface area contributed by atoms with Crippen molar-refractivity contribution in [3.63, 3.8) is 0 Å². The number of ether oxygens (including phenoxy) is 2. The fourth-order valence-corrected chi connectivity index (χ4v) is 1.68. The lowest BCUT2D eigenvalue weighted by atomic mass is 10.2. The molecule has 1 aliphatic carbocycles. The summed E-state index contributed by atoms with van der Waals surface area (Å²) in [4.78, 5) is 22.9. The Labute approximate surface area is 127 Å². The zero-order valence-electron chi connectivity index (χ0n) is 12.3. The van der Waals surface area contributed by atoms with Crippen LogP contribution in [0, 0.1) is 0 Å². The molecule has 118 valence electrons. The maximum absolute atomic E-state index is 11.5. The molecular weight excluding hydrogens is 290 g/mol. The van der Waals surface area contributed by atoms with E-state index in [1.807, 2.05) is 0 Å². The molecule has 1 saturated carbocycles. The lowest BCUT2D eigenvalue weighted by Crippen LogP contribution is -2.38. The van der Waals surface area contributed by atoms with E-state index in [-0.39, 0.29) is 23.3 Å². The third-order valence-corrected chi connectivity index (χ3v) is 3.00. The van der Waals surface area contributed by atoms with E-state index in [4.69, 9.17) is 9.47 Å². The largest absolute Gasteiger partial charge is 0.502 e. The number of phenolic OH excluding ortho intramolecular Hbond substituents is 1. The van der Waals surface area contributed by atoms with Crippen LogP contribution in [0.3, 0.4) is 0 Å². The standard InChI is InChI=1S/C14H17N3O5/c1-21-10-5-8(6-11(22-2)12(10)18)7-15-17-14(20)13(19)16-9-3-4-9/h5-7,9,18H,3-4H2,1-2H3,(H,16,19)(H,17,20)/b15-7+. The predicted octanol–water partition coefficient (Wildman–Crippen LogP) is 0.138. The molecule has 1 aromatic rings. The van der Waals surface area contributed by atoms with Crippen LogP contribution in [0.2, 0.25) is 0 Å². The van der Waals surface area contributed by atoms with Gasteiger partial charge in [0.25, 0.3) is 0 Å². The normalized spacial score (nSPS) is 13.7. The molecule has 8 nitrogen and oxygen atoms in total. The van der Waals surface area contributed by atoms with Gasteiger partial charge in [0.2, 0.25) is 5.75 Å². The molecule has 0 spiro atoms. The molecule has 3 N–H and O–H groups in total. The van der Waals surface area contributed by atoms with Crippen LogP contribution in [0.1, 0.15) is 18.4 Å². The van der Waals surface area contributed by atoms with Crippen molar-refractivity contribution in [1.82, 2.24) is 10.7 Å². The predicted molar refractivity (Wildman–Crippen MR) is 78.1 cm³/mol. The molecule has 1 fully saturated rings. The minimum absolute atomic E-state index is 0.104. The van der Waals surface area contributed by atoms with Gasteiger partial charge in [0.1, 0.15) is 0 Å². The van der Waals surface area contributed by atoms with Gasteiger partial charge in [-0.3, -0.25) is 9.59 Å². The van der Waals surface area contributed by atoms with Gasteiger partial charge >= 0.3 is 11.8 Å². The van der Waals surface area contributed by atoms with Crippen molar-refractivity contribution >= 4 is 18.0 Å². The first-order valence-electron chi connectivity index (χ1n) is 6.64. The van der Waals surface area contributed by atoms with Crippen LogP contribution in [-0.4, -0.2) is 43.4 Å². The second kappa shape index (κ2) is 6.79. The topological polar surface area (TPSA) is 109 Å². The average molecular weight is 307 g/mol. The number of benzene rings is 1. The molecule has 0 saturated heterocycles. The molecule has 1 aromatic carbocycles. The molecule has 0 bridgehead atoms. The molecule has 0 radical (unpaired) electrons. The smallest absolute Gasteiger partial charge is 0.329 e. The summed E-state index contributed by atoms with van der Waals surface area (Å²) in [5.74, 6) is -1.26. The fraction of sp³-hybridized carbons (Fsp3) is 0.357. The molecular formula is C14H17N3O5. The van der Waals surface area contributed by atoms with Crippen molar-refractivity contribution < 1.29 is 24.2 Å². The third kappa shape index (κ3) is 3.87. The number of amides is 2. The molecule has 2 rings (SSSR count). The van der Waals surface area contributed by atoms with Crippen LogP contribution in [0.5, 0.6) is 17.2 Å². The highest BCUT2D eigenvalue weighted by Crippen LogP contribution is 2.36. The number of rotatable bonds is 5. The van der Waals surface area contributed by atoms with E-state index in [0.29, 0.717) is 5.56 Å². The monoisotopic (exact) mass is 307 g/mol. The number of methoxy groups -OCH3 is 2. The van der Waals surface area contributed by atoms with E-state index in [1.54, 1.807) is 0 Å². The highest BCUT2D eigenvalue weighted by Gasteiger charge is 2.26. The van der Waals surface area contributed by atoms with E-state index in [0.717, 1.165) is 12.8 Å².